The zero-order chi connectivity index (χ0) is 22.2. The van der Waals surface area contributed by atoms with Crippen molar-refractivity contribution < 1.29 is 9.59 Å². The number of hydrogen-bond donors (Lipinski definition) is 3. The second-order valence-corrected chi connectivity index (χ2v) is 10.1. The van der Waals surface area contributed by atoms with Crippen LogP contribution in [0.15, 0.2) is 0 Å². The topological polar surface area (TPSA) is 108 Å². The number of urea groups is 1. The molecule has 30 heavy (non-hydrogen) atoms. The second kappa shape index (κ2) is 9.11. The van der Waals surface area contributed by atoms with E-state index in [1.807, 2.05) is 32.8 Å². The van der Waals surface area contributed by atoms with Gasteiger partial charge >= 0.3 is 6.03 Å². The van der Waals surface area contributed by atoms with E-state index in [2.05, 4.69) is 17.3 Å². The van der Waals surface area contributed by atoms with Crippen LogP contribution in [-0.4, -0.2) is 79.5 Å². The molecule has 1 aromatic heterocycles. The summed E-state index contributed by atoms with van der Waals surface area (Å²) in [6.07, 6.45) is 2.57. The number of piperidine rings is 1. The van der Waals surface area contributed by atoms with Gasteiger partial charge in [0.15, 0.2) is 0 Å². The first-order valence-corrected chi connectivity index (χ1v) is 11.6. The van der Waals surface area contributed by atoms with Crippen LogP contribution in [0, 0.1) is 11.8 Å². The molecule has 4 atom stereocenters. The highest BCUT2D eigenvalue weighted by Gasteiger charge is 2.42. The van der Waals surface area contributed by atoms with Gasteiger partial charge in [-0.15, -0.1) is 11.3 Å². The van der Waals surface area contributed by atoms with Crippen molar-refractivity contribution in [3.05, 3.63) is 10.4 Å². The van der Waals surface area contributed by atoms with Gasteiger partial charge in [-0.1, -0.05) is 0 Å². The molecule has 5 N–H and O–H groups in total. The summed E-state index contributed by atoms with van der Waals surface area (Å²) in [7, 11) is 6.02. The fraction of sp³-hybridized carbons (Fsp3) is 0.714. The number of nitrogen functional groups attached to an aromatic ring is 2. The summed E-state index contributed by atoms with van der Waals surface area (Å²) in [6, 6.07) is 0.287. The molecule has 0 radical (unpaired) electrons. The Hall–Kier alpha value is -1.84. The Bertz CT molecular complexity index is 795. The van der Waals surface area contributed by atoms with Gasteiger partial charge in [-0.05, 0) is 65.7 Å². The summed E-state index contributed by atoms with van der Waals surface area (Å²) in [5.74, 6) is 0.0745. The van der Waals surface area contributed by atoms with E-state index in [0.717, 1.165) is 19.3 Å². The van der Waals surface area contributed by atoms with Gasteiger partial charge in [-0.3, -0.25) is 9.69 Å². The lowest BCUT2D eigenvalue weighted by atomic mass is 9.74. The van der Waals surface area contributed by atoms with Gasteiger partial charge in [-0.25, -0.2) is 4.79 Å². The molecule has 1 saturated heterocycles. The molecule has 1 aliphatic carbocycles. The maximum Gasteiger partial charge on any atom is 0.324 e. The van der Waals surface area contributed by atoms with E-state index in [4.69, 9.17) is 11.5 Å². The molecule has 1 aliphatic heterocycles. The number of hydrogen-bond acceptors (Lipinski definition) is 7. The van der Waals surface area contributed by atoms with Crippen molar-refractivity contribution in [1.29, 1.82) is 0 Å². The molecule has 168 valence electrons. The second-order valence-electron chi connectivity index (χ2n) is 8.97. The highest BCUT2D eigenvalue weighted by Crippen LogP contribution is 2.44. The molecule has 0 unspecified atom stereocenters. The van der Waals surface area contributed by atoms with Crippen molar-refractivity contribution in [1.82, 2.24) is 20.0 Å². The number of likely N-dealkylation sites (tertiary alicyclic amines) is 1. The maximum absolute atomic E-state index is 13.3. The minimum Gasteiger partial charge on any atom is -0.396 e. The van der Waals surface area contributed by atoms with Crippen LogP contribution in [0.1, 0.15) is 30.7 Å². The van der Waals surface area contributed by atoms with Crippen LogP contribution in [-0.2, 0) is 17.6 Å². The Labute approximate surface area is 183 Å². The SMILES string of the molecule is CCN(C(=O)NC[C@H](C)N(C)C)C(=O)[C@@H]1C[C@@H]2Cc3c(sc(N)c3N)C[C@H]2N(C)C1. The summed E-state index contributed by atoms with van der Waals surface area (Å²) in [5, 5.41) is 3.61. The van der Waals surface area contributed by atoms with Crippen LogP contribution in [0.5, 0.6) is 0 Å². The molecule has 3 amide bonds. The first-order chi connectivity index (χ1) is 14.1. The molecule has 2 aliphatic rings. The normalized spacial score (nSPS) is 24.8. The summed E-state index contributed by atoms with van der Waals surface area (Å²) < 4.78 is 0. The lowest BCUT2D eigenvalue weighted by Gasteiger charge is -2.45. The lowest BCUT2D eigenvalue weighted by Crippen LogP contribution is -2.55. The van der Waals surface area contributed by atoms with Crippen LogP contribution in [0.25, 0.3) is 0 Å². The lowest BCUT2D eigenvalue weighted by molar-refractivity contribution is -0.135. The van der Waals surface area contributed by atoms with Crippen molar-refractivity contribution in [2.75, 3.05) is 52.2 Å². The largest absolute Gasteiger partial charge is 0.396 e. The monoisotopic (exact) mass is 436 g/mol. The van der Waals surface area contributed by atoms with Crippen LogP contribution in [0.3, 0.4) is 0 Å². The Morgan fingerprint density at radius 2 is 2.00 bits per heavy atom. The molecular formula is C21H36N6O2S. The van der Waals surface area contributed by atoms with Gasteiger partial charge in [0.25, 0.3) is 0 Å². The number of nitrogens with two attached hydrogens (primary N) is 2. The number of imide groups is 1. The Kier molecular flexibility index (Phi) is 6.94. The van der Waals surface area contributed by atoms with Gasteiger partial charge in [-0.2, -0.15) is 0 Å². The minimum atomic E-state index is -0.304. The van der Waals surface area contributed by atoms with E-state index in [9.17, 15) is 9.59 Å². The van der Waals surface area contributed by atoms with Gasteiger partial charge in [0.05, 0.1) is 11.6 Å². The number of rotatable bonds is 5. The standard InChI is InChI=1S/C21H36N6O2S/c1-6-27(21(29)24-10-12(2)25(3)4)20(28)14-7-13-8-15-17(30-19(23)18(15)22)9-16(13)26(5)11-14/h12-14,16H,6-11,22-23H2,1-5H3,(H,24,29)/t12-,13+,14+,16+/m0/s1. The Morgan fingerprint density at radius 1 is 1.30 bits per heavy atom. The Morgan fingerprint density at radius 3 is 2.63 bits per heavy atom. The molecule has 1 fully saturated rings. The van der Waals surface area contributed by atoms with E-state index in [0.29, 0.717) is 42.3 Å². The van der Waals surface area contributed by atoms with Crippen LogP contribution in [0.2, 0.25) is 0 Å². The predicted octanol–water partition coefficient (Wildman–Crippen LogP) is 1.46. The van der Waals surface area contributed by atoms with E-state index >= 15 is 0 Å². The molecule has 2 heterocycles. The van der Waals surface area contributed by atoms with Crippen molar-refractivity contribution >= 4 is 34.0 Å². The zero-order valence-corrected chi connectivity index (χ0v) is 19.6. The summed E-state index contributed by atoms with van der Waals surface area (Å²) >= 11 is 1.60. The van der Waals surface area contributed by atoms with Crippen LogP contribution >= 0.6 is 11.3 Å². The number of carbonyl (C=O) groups is 2. The van der Waals surface area contributed by atoms with E-state index in [-0.39, 0.29) is 23.9 Å². The smallest absolute Gasteiger partial charge is 0.324 e. The molecule has 8 nitrogen and oxygen atoms in total. The van der Waals surface area contributed by atoms with Crippen LogP contribution < -0.4 is 16.8 Å². The molecular weight excluding hydrogens is 400 g/mol. The molecule has 9 heteroatoms. The number of likely N-dealkylation sites (N-methyl/N-ethyl adjacent to an activating group) is 2. The quantitative estimate of drug-likeness (QED) is 0.645. The first kappa shape index (κ1) is 22.8. The zero-order valence-electron chi connectivity index (χ0n) is 18.8. The highest BCUT2D eigenvalue weighted by atomic mass is 32.1. The number of nitrogens with one attached hydrogen (secondary N) is 1. The van der Waals surface area contributed by atoms with E-state index in [1.54, 1.807) is 11.3 Å². The average molecular weight is 437 g/mol. The number of nitrogens with zero attached hydrogens (tertiary/aromatic N) is 3. The molecule has 1 aromatic rings. The number of anilines is 2. The van der Waals surface area contributed by atoms with E-state index in [1.165, 1.54) is 15.3 Å². The van der Waals surface area contributed by atoms with Gasteiger partial charge < -0.3 is 26.6 Å². The predicted molar refractivity (Wildman–Crippen MR) is 123 cm³/mol. The van der Waals surface area contributed by atoms with Crippen molar-refractivity contribution in [3.8, 4) is 0 Å². The fourth-order valence-electron chi connectivity index (χ4n) is 4.68. The third-order valence-corrected chi connectivity index (χ3v) is 7.93. The molecule has 0 saturated carbocycles. The number of amides is 3. The van der Waals surface area contributed by atoms with E-state index < -0.39 is 0 Å². The third kappa shape index (κ3) is 4.43. The Balaban J connectivity index is 1.68. The fourth-order valence-corrected chi connectivity index (χ4v) is 5.75. The van der Waals surface area contributed by atoms with Gasteiger partial charge in [0.1, 0.15) is 5.00 Å². The first-order valence-electron chi connectivity index (χ1n) is 10.7. The minimum absolute atomic E-state index is 0.0820. The molecule has 0 bridgehead atoms. The van der Waals surface area contributed by atoms with Crippen LogP contribution in [0.4, 0.5) is 15.5 Å². The molecule has 0 spiro atoms. The van der Waals surface area contributed by atoms with Crippen molar-refractivity contribution in [2.45, 2.75) is 45.2 Å². The summed E-state index contributed by atoms with van der Waals surface area (Å²) in [4.78, 5) is 32.9. The number of carbonyl (C=O) groups excluding carboxylic acids is 2. The average Bonchev–Trinajstić information content (AvgIpc) is 2.98. The number of thiophene rings is 1. The maximum atomic E-state index is 13.3. The van der Waals surface area contributed by atoms with Gasteiger partial charge in [0, 0.05) is 36.6 Å². The molecule has 0 aromatic carbocycles. The highest BCUT2D eigenvalue weighted by molar-refractivity contribution is 7.16. The number of fused-ring (bicyclic) bond motifs is 2. The summed E-state index contributed by atoms with van der Waals surface area (Å²) in [6.45, 7) is 5.43. The summed E-state index contributed by atoms with van der Waals surface area (Å²) in [5.41, 5.74) is 14.1. The third-order valence-electron chi connectivity index (χ3n) is 6.83. The van der Waals surface area contributed by atoms with Gasteiger partial charge in [0.2, 0.25) is 5.91 Å². The molecule has 3 rings (SSSR count). The van der Waals surface area contributed by atoms with Crippen molar-refractivity contribution in [3.63, 3.8) is 0 Å². The van der Waals surface area contributed by atoms with Crippen molar-refractivity contribution in [2.24, 2.45) is 11.8 Å².